The van der Waals surface area contributed by atoms with Crippen LogP contribution in [0.1, 0.15) is 31.0 Å². The number of aromatic nitrogens is 1. The van der Waals surface area contributed by atoms with E-state index in [1.807, 2.05) is 5.38 Å². The fourth-order valence-electron chi connectivity index (χ4n) is 1.01. The maximum absolute atomic E-state index is 10.7. The quantitative estimate of drug-likeness (QED) is 0.716. The number of hydrogen-bond donors (Lipinski definition) is 0. The van der Waals surface area contributed by atoms with Gasteiger partial charge in [-0.3, -0.25) is 4.79 Å². The molecule has 0 aliphatic carbocycles. The zero-order valence-corrected chi connectivity index (χ0v) is 8.28. The average Bonchev–Trinajstić information content (AvgIpc) is 2.36. The summed E-state index contributed by atoms with van der Waals surface area (Å²) in [5.74, 6) is 0.187. The Bertz CT molecular complexity index is 267. The molecule has 0 spiro atoms. The number of carbonyl (C=O) groups is 1. The van der Waals surface area contributed by atoms with Crippen molar-refractivity contribution in [1.29, 1.82) is 0 Å². The second kappa shape index (κ2) is 4.36. The molecule has 12 heavy (non-hydrogen) atoms. The first-order valence-corrected chi connectivity index (χ1v) is 5.03. The Morgan fingerprint density at radius 1 is 1.67 bits per heavy atom. The summed E-state index contributed by atoms with van der Waals surface area (Å²) < 4.78 is 0. The lowest BCUT2D eigenvalue weighted by atomic mass is 10.3. The van der Waals surface area contributed by atoms with Crippen molar-refractivity contribution in [3.63, 3.8) is 0 Å². The highest BCUT2D eigenvalue weighted by molar-refractivity contribution is 7.09. The van der Waals surface area contributed by atoms with Gasteiger partial charge in [0.25, 0.3) is 0 Å². The van der Waals surface area contributed by atoms with Gasteiger partial charge in [-0.15, -0.1) is 11.3 Å². The summed E-state index contributed by atoms with van der Waals surface area (Å²) in [6.07, 6.45) is 2.63. The van der Waals surface area contributed by atoms with Gasteiger partial charge in [-0.1, -0.05) is 13.3 Å². The first-order valence-electron chi connectivity index (χ1n) is 4.15. The molecule has 3 heteroatoms. The topological polar surface area (TPSA) is 30.0 Å². The van der Waals surface area contributed by atoms with E-state index < -0.39 is 0 Å². The molecule has 0 atom stereocenters. The molecule has 0 fully saturated rings. The van der Waals surface area contributed by atoms with Crippen molar-refractivity contribution in [2.24, 2.45) is 0 Å². The molecule has 0 radical (unpaired) electrons. The third kappa shape index (κ3) is 2.74. The zero-order valence-electron chi connectivity index (χ0n) is 7.46. The van der Waals surface area contributed by atoms with Crippen molar-refractivity contribution in [1.82, 2.24) is 4.98 Å². The van der Waals surface area contributed by atoms with Crippen molar-refractivity contribution in [2.45, 2.75) is 33.1 Å². The van der Waals surface area contributed by atoms with E-state index in [2.05, 4.69) is 11.9 Å². The highest BCUT2D eigenvalue weighted by Gasteiger charge is 2.02. The van der Waals surface area contributed by atoms with Crippen molar-refractivity contribution < 1.29 is 4.79 Å². The van der Waals surface area contributed by atoms with Crippen LogP contribution in [0.5, 0.6) is 0 Å². The molecule has 0 aliphatic rings. The van der Waals surface area contributed by atoms with Gasteiger partial charge < -0.3 is 0 Å². The standard InChI is InChI=1S/C9H13NOS/c1-3-4-8-6-12-9(10-8)5-7(2)11/h6H,3-5H2,1-2H3. The molecule has 0 aliphatic heterocycles. The number of thiazole rings is 1. The van der Waals surface area contributed by atoms with E-state index in [0.29, 0.717) is 6.42 Å². The largest absolute Gasteiger partial charge is 0.300 e. The van der Waals surface area contributed by atoms with E-state index in [1.165, 1.54) is 0 Å². The fraction of sp³-hybridized carbons (Fsp3) is 0.556. The number of carbonyl (C=O) groups excluding carboxylic acids is 1. The van der Waals surface area contributed by atoms with Gasteiger partial charge in [0.15, 0.2) is 0 Å². The molecule has 1 aromatic heterocycles. The molecule has 0 amide bonds. The second-order valence-corrected chi connectivity index (χ2v) is 3.80. The van der Waals surface area contributed by atoms with E-state index in [0.717, 1.165) is 23.5 Å². The minimum absolute atomic E-state index is 0.187. The van der Waals surface area contributed by atoms with Crippen LogP contribution in [0.4, 0.5) is 0 Å². The smallest absolute Gasteiger partial charge is 0.136 e. The second-order valence-electron chi connectivity index (χ2n) is 2.86. The summed E-state index contributed by atoms with van der Waals surface area (Å²) in [5.41, 5.74) is 1.12. The molecule has 66 valence electrons. The number of rotatable bonds is 4. The lowest BCUT2D eigenvalue weighted by Crippen LogP contribution is -1.95. The molecule has 0 unspecified atom stereocenters. The number of Topliss-reactive ketones (excluding diaryl/α,β-unsaturated/α-hetero) is 1. The number of ketones is 1. The number of nitrogens with zero attached hydrogens (tertiary/aromatic N) is 1. The Morgan fingerprint density at radius 2 is 2.42 bits per heavy atom. The van der Waals surface area contributed by atoms with Crippen molar-refractivity contribution >= 4 is 17.1 Å². The summed E-state index contributed by atoms with van der Waals surface area (Å²) >= 11 is 1.59. The molecular formula is C9H13NOS. The Labute approximate surface area is 76.6 Å². The molecule has 1 heterocycles. The SMILES string of the molecule is CCCc1csc(CC(C)=O)n1. The van der Waals surface area contributed by atoms with Crippen molar-refractivity contribution in [3.05, 3.63) is 16.1 Å². The molecule has 0 saturated heterocycles. The van der Waals surface area contributed by atoms with Crippen LogP contribution in [0, 0.1) is 0 Å². The van der Waals surface area contributed by atoms with Gasteiger partial charge in [0.1, 0.15) is 10.8 Å². The monoisotopic (exact) mass is 183 g/mol. The molecule has 0 saturated carbocycles. The molecule has 0 bridgehead atoms. The van der Waals surface area contributed by atoms with Crippen molar-refractivity contribution in [2.75, 3.05) is 0 Å². The highest BCUT2D eigenvalue weighted by atomic mass is 32.1. The van der Waals surface area contributed by atoms with Crippen LogP contribution in [0.25, 0.3) is 0 Å². The lowest BCUT2D eigenvalue weighted by molar-refractivity contribution is -0.116. The molecule has 0 aromatic carbocycles. The molecule has 1 aromatic rings. The molecular weight excluding hydrogens is 170 g/mol. The van der Waals surface area contributed by atoms with Gasteiger partial charge in [0.2, 0.25) is 0 Å². The maximum Gasteiger partial charge on any atom is 0.136 e. The van der Waals surface area contributed by atoms with Crippen LogP contribution in [0.15, 0.2) is 5.38 Å². The van der Waals surface area contributed by atoms with Gasteiger partial charge in [0, 0.05) is 5.38 Å². The summed E-state index contributed by atoms with van der Waals surface area (Å²) in [6.45, 7) is 3.73. The molecule has 1 rings (SSSR count). The van der Waals surface area contributed by atoms with Gasteiger partial charge >= 0.3 is 0 Å². The predicted octanol–water partition coefficient (Wildman–Crippen LogP) is 2.23. The van der Waals surface area contributed by atoms with Gasteiger partial charge in [0.05, 0.1) is 12.1 Å². The Kier molecular flexibility index (Phi) is 3.41. The lowest BCUT2D eigenvalue weighted by Gasteiger charge is -1.89. The van der Waals surface area contributed by atoms with Crippen LogP contribution < -0.4 is 0 Å². The van der Waals surface area contributed by atoms with E-state index in [4.69, 9.17) is 0 Å². The fourth-order valence-corrected chi connectivity index (χ4v) is 1.91. The van der Waals surface area contributed by atoms with Crippen LogP contribution in [-0.4, -0.2) is 10.8 Å². The summed E-state index contributed by atoms with van der Waals surface area (Å²) in [4.78, 5) is 15.1. The normalized spacial score (nSPS) is 10.2. The number of aryl methyl sites for hydroxylation is 1. The average molecular weight is 183 g/mol. The van der Waals surface area contributed by atoms with E-state index >= 15 is 0 Å². The van der Waals surface area contributed by atoms with Gasteiger partial charge in [-0.25, -0.2) is 4.98 Å². The summed E-state index contributed by atoms with van der Waals surface area (Å²) in [7, 11) is 0. The van der Waals surface area contributed by atoms with Crippen molar-refractivity contribution in [3.8, 4) is 0 Å². The van der Waals surface area contributed by atoms with Crippen LogP contribution in [-0.2, 0) is 17.6 Å². The predicted molar refractivity (Wildman–Crippen MR) is 50.5 cm³/mol. The summed E-state index contributed by atoms with van der Waals surface area (Å²) in [6, 6.07) is 0. The first kappa shape index (κ1) is 9.39. The van der Waals surface area contributed by atoms with Crippen LogP contribution >= 0.6 is 11.3 Å². The van der Waals surface area contributed by atoms with Gasteiger partial charge in [-0.05, 0) is 13.3 Å². The third-order valence-corrected chi connectivity index (χ3v) is 2.40. The number of hydrogen-bond acceptors (Lipinski definition) is 3. The highest BCUT2D eigenvalue weighted by Crippen LogP contribution is 2.11. The summed E-state index contributed by atoms with van der Waals surface area (Å²) in [5, 5.41) is 2.99. The molecule has 2 nitrogen and oxygen atoms in total. The Balaban J connectivity index is 2.58. The Hall–Kier alpha value is -0.700. The van der Waals surface area contributed by atoms with Crippen LogP contribution in [0.3, 0.4) is 0 Å². The first-order chi connectivity index (χ1) is 5.72. The van der Waals surface area contributed by atoms with Gasteiger partial charge in [-0.2, -0.15) is 0 Å². The Morgan fingerprint density at radius 3 is 3.00 bits per heavy atom. The van der Waals surface area contributed by atoms with E-state index in [9.17, 15) is 4.79 Å². The maximum atomic E-state index is 10.7. The minimum atomic E-state index is 0.187. The third-order valence-electron chi connectivity index (χ3n) is 1.51. The van der Waals surface area contributed by atoms with E-state index in [-0.39, 0.29) is 5.78 Å². The zero-order chi connectivity index (χ0) is 8.97. The van der Waals surface area contributed by atoms with Crippen LogP contribution in [0.2, 0.25) is 0 Å². The molecule has 0 N–H and O–H groups in total. The van der Waals surface area contributed by atoms with E-state index in [1.54, 1.807) is 18.3 Å². The minimum Gasteiger partial charge on any atom is -0.300 e.